The lowest BCUT2D eigenvalue weighted by Crippen LogP contribution is -2.45. The van der Waals surface area contributed by atoms with E-state index in [1.54, 1.807) is 0 Å². The van der Waals surface area contributed by atoms with Gasteiger partial charge in [-0.1, -0.05) is 23.5 Å². The first kappa shape index (κ1) is 13.4. The Bertz CT molecular complexity index is 771. The molecule has 0 N–H and O–H groups in total. The number of esters is 1. The van der Waals surface area contributed by atoms with Crippen LogP contribution in [-0.2, 0) is 9.53 Å². The summed E-state index contributed by atoms with van der Waals surface area (Å²) in [6, 6.07) is 9.30. The minimum Gasteiger partial charge on any atom is -0.466 e. The highest BCUT2D eigenvalue weighted by Crippen LogP contribution is 2.61. The van der Waals surface area contributed by atoms with Crippen molar-refractivity contribution in [3.8, 4) is 0 Å². The van der Waals surface area contributed by atoms with E-state index in [2.05, 4.69) is 28.8 Å². The molecule has 2 fully saturated rings. The van der Waals surface area contributed by atoms with Gasteiger partial charge in [0, 0.05) is 12.0 Å². The van der Waals surface area contributed by atoms with Gasteiger partial charge in [0.1, 0.15) is 4.70 Å². The molecule has 5 heteroatoms. The Kier molecular flexibility index (Phi) is 2.87. The van der Waals surface area contributed by atoms with E-state index in [9.17, 15) is 4.79 Å². The highest BCUT2D eigenvalue weighted by molar-refractivity contribution is 8.01. The summed E-state index contributed by atoms with van der Waals surface area (Å²) in [5.74, 6) is 1.32. The van der Waals surface area contributed by atoms with Gasteiger partial charge in [-0.15, -0.1) is 0 Å². The Balaban J connectivity index is 1.52. The lowest BCUT2D eigenvalue weighted by Gasteiger charge is -2.26. The van der Waals surface area contributed by atoms with Gasteiger partial charge in [-0.25, -0.2) is 0 Å². The minimum atomic E-state index is 0.0409. The molecule has 2 bridgehead atoms. The van der Waals surface area contributed by atoms with Crippen LogP contribution >= 0.6 is 23.1 Å². The summed E-state index contributed by atoms with van der Waals surface area (Å²) in [5.41, 5.74) is 1.38. The van der Waals surface area contributed by atoms with Gasteiger partial charge in [0.25, 0.3) is 4.34 Å². The summed E-state index contributed by atoms with van der Waals surface area (Å²) in [7, 11) is 0. The van der Waals surface area contributed by atoms with E-state index in [0.29, 0.717) is 29.7 Å². The molecule has 2 saturated carbocycles. The molecule has 0 saturated heterocycles. The van der Waals surface area contributed by atoms with Gasteiger partial charge in [-0.3, -0.25) is 4.79 Å². The summed E-state index contributed by atoms with van der Waals surface area (Å²) in [6.45, 7) is 2.40. The zero-order valence-corrected chi connectivity index (χ0v) is 14.0. The number of thioether (sulfide) groups is 1. The molecule has 0 spiro atoms. The lowest BCUT2D eigenvalue weighted by atomic mass is 9.85. The van der Waals surface area contributed by atoms with Crippen LogP contribution in [0.15, 0.2) is 28.6 Å². The van der Waals surface area contributed by atoms with E-state index < -0.39 is 0 Å². The normalized spacial score (nSPS) is 34.9. The Labute approximate surface area is 137 Å². The molecule has 0 unspecified atom stereocenters. The molecule has 22 heavy (non-hydrogen) atoms. The number of carbonyl (C=O) groups is 1. The first-order valence-electron chi connectivity index (χ1n) is 8.04. The van der Waals surface area contributed by atoms with E-state index in [-0.39, 0.29) is 11.9 Å². The summed E-state index contributed by atoms with van der Waals surface area (Å²) in [6.07, 6.45) is 2.21. The van der Waals surface area contributed by atoms with Gasteiger partial charge in [0.15, 0.2) is 6.04 Å². The Morgan fingerprint density at radius 1 is 1.36 bits per heavy atom. The first-order valence-corrected chi connectivity index (χ1v) is 9.74. The van der Waals surface area contributed by atoms with Crippen molar-refractivity contribution in [2.45, 2.75) is 35.4 Å². The number of ether oxygens (including phenoxy) is 1. The summed E-state index contributed by atoms with van der Waals surface area (Å²) in [4.78, 5) is 12.2. The van der Waals surface area contributed by atoms with Crippen LogP contribution in [0.3, 0.4) is 0 Å². The van der Waals surface area contributed by atoms with Crippen LogP contribution in [0.25, 0.3) is 10.2 Å². The van der Waals surface area contributed by atoms with Gasteiger partial charge >= 0.3 is 5.97 Å². The summed E-state index contributed by atoms with van der Waals surface area (Å²) < 4.78 is 10.7. The monoisotopic (exact) mass is 332 g/mol. The van der Waals surface area contributed by atoms with Crippen molar-refractivity contribution in [2.75, 3.05) is 6.61 Å². The van der Waals surface area contributed by atoms with E-state index in [1.807, 2.05) is 30.0 Å². The number of nitrogens with zero attached hydrogens (tertiary/aromatic N) is 1. The fourth-order valence-corrected chi connectivity index (χ4v) is 8.02. The Morgan fingerprint density at radius 3 is 3.09 bits per heavy atom. The van der Waals surface area contributed by atoms with Crippen molar-refractivity contribution in [2.24, 2.45) is 17.8 Å². The Morgan fingerprint density at radius 2 is 2.23 bits per heavy atom. The predicted octanol–water partition coefficient (Wildman–Crippen LogP) is 3.42. The second-order valence-electron chi connectivity index (χ2n) is 6.53. The molecule has 3 aliphatic rings. The highest BCUT2D eigenvalue weighted by Gasteiger charge is 2.64. The van der Waals surface area contributed by atoms with Crippen molar-refractivity contribution in [3.63, 3.8) is 0 Å². The molecule has 1 aromatic carbocycles. The van der Waals surface area contributed by atoms with Crippen molar-refractivity contribution in [3.05, 3.63) is 24.3 Å². The molecule has 3 nitrogen and oxygen atoms in total. The molecular weight excluding hydrogens is 314 g/mol. The molecule has 2 aliphatic carbocycles. The molecule has 5 atom stereocenters. The van der Waals surface area contributed by atoms with Gasteiger partial charge in [-0.05, 0) is 43.5 Å². The number of para-hydroxylation sites is 1. The minimum absolute atomic E-state index is 0.0409. The molecule has 2 heterocycles. The van der Waals surface area contributed by atoms with Crippen molar-refractivity contribution < 1.29 is 14.1 Å². The van der Waals surface area contributed by atoms with E-state index >= 15 is 0 Å². The average molecular weight is 332 g/mol. The largest absolute Gasteiger partial charge is 0.466 e. The van der Waals surface area contributed by atoms with Crippen molar-refractivity contribution in [1.29, 1.82) is 0 Å². The number of benzene rings is 1. The summed E-state index contributed by atoms with van der Waals surface area (Å²) >= 11 is 3.91. The number of hydrogen-bond acceptors (Lipinski definition) is 4. The molecule has 2 aromatic rings. The fourth-order valence-electron chi connectivity index (χ4n) is 4.77. The molecule has 1 aromatic heterocycles. The second kappa shape index (κ2) is 4.71. The molecule has 114 valence electrons. The van der Waals surface area contributed by atoms with Crippen LogP contribution in [0.1, 0.15) is 25.8 Å². The maximum Gasteiger partial charge on any atom is 0.309 e. The molecule has 0 radical (unpaired) electrons. The maximum absolute atomic E-state index is 12.2. The number of aromatic nitrogens is 1. The molecule has 5 rings (SSSR count). The van der Waals surface area contributed by atoms with Crippen LogP contribution in [0.4, 0.5) is 0 Å². The van der Waals surface area contributed by atoms with Crippen LogP contribution in [0.2, 0.25) is 0 Å². The number of hydrogen-bond donors (Lipinski definition) is 0. The highest BCUT2D eigenvalue weighted by atomic mass is 32.2. The first-order chi connectivity index (χ1) is 10.8. The quantitative estimate of drug-likeness (QED) is 0.623. The SMILES string of the molecule is CCOC(=O)[C@@H]1C[C@H]2C[C@H]1[C@H]1Sc3sc4ccccc4[n+]3[C@H]21. The topological polar surface area (TPSA) is 30.2 Å². The third-order valence-electron chi connectivity index (χ3n) is 5.53. The zero-order valence-electron chi connectivity index (χ0n) is 12.4. The third kappa shape index (κ3) is 1.64. The third-order valence-corrected chi connectivity index (χ3v) is 8.31. The van der Waals surface area contributed by atoms with Gasteiger partial charge < -0.3 is 4.74 Å². The summed E-state index contributed by atoms with van der Waals surface area (Å²) in [5, 5.41) is 0.573. The van der Waals surface area contributed by atoms with Crippen LogP contribution in [0.5, 0.6) is 0 Å². The molecule has 0 amide bonds. The zero-order chi connectivity index (χ0) is 14.8. The number of thiazole rings is 1. The average Bonchev–Trinajstić information content (AvgIpc) is 3.23. The van der Waals surface area contributed by atoms with E-state index in [1.165, 1.54) is 21.0 Å². The van der Waals surface area contributed by atoms with E-state index in [0.717, 1.165) is 6.42 Å². The Hall–Kier alpha value is -1.07. The number of fused-ring (bicyclic) bond motifs is 9. The van der Waals surface area contributed by atoms with Gasteiger partial charge in [-0.2, -0.15) is 4.57 Å². The smallest absolute Gasteiger partial charge is 0.309 e. The fraction of sp³-hybridized carbons (Fsp3) is 0.529. The standard InChI is InChI=1S/C17H18NO2S2/c1-2-20-16(19)11-8-9-7-10(11)15-14(9)18-12-5-3-4-6-13(12)21-17(18)22-15/h3-6,9-11,14-15H,2,7-8H2,1H3/q+1/t9-,10-,11-,14-,15-/m1/s1. The maximum atomic E-state index is 12.2. The van der Waals surface area contributed by atoms with Crippen molar-refractivity contribution in [1.82, 2.24) is 0 Å². The van der Waals surface area contributed by atoms with Crippen LogP contribution < -0.4 is 4.57 Å². The molecule has 1 aliphatic heterocycles. The lowest BCUT2D eigenvalue weighted by molar-refractivity contribution is -0.726. The van der Waals surface area contributed by atoms with Crippen LogP contribution in [-0.4, -0.2) is 17.8 Å². The number of rotatable bonds is 2. The van der Waals surface area contributed by atoms with Gasteiger partial charge in [0.2, 0.25) is 5.52 Å². The van der Waals surface area contributed by atoms with Crippen molar-refractivity contribution >= 4 is 39.3 Å². The molecular formula is C17H18NO2S2+. The van der Waals surface area contributed by atoms with Crippen LogP contribution in [0, 0.1) is 17.8 Å². The number of carbonyl (C=O) groups excluding carboxylic acids is 1. The second-order valence-corrected chi connectivity index (χ2v) is 8.99. The van der Waals surface area contributed by atoms with E-state index in [4.69, 9.17) is 4.74 Å². The predicted molar refractivity (Wildman–Crippen MR) is 87.0 cm³/mol. The van der Waals surface area contributed by atoms with Gasteiger partial charge in [0.05, 0.1) is 17.8 Å².